The first-order valence-electron chi connectivity index (χ1n) is 6.54. The van der Waals surface area contributed by atoms with E-state index in [1.54, 1.807) is 18.9 Å². The fourth-order valence-electron chi connectivity index (χ4n) is 2.61. The minimum Gasteiger partial charge on any atom is -0.493 e. The largest absolute Gasteiger partial charge is 0.493 e. The van der Waals surface area contributed by atoms with Crippen molar-refractivity contribution in [2.24, 2.45) is 0 Å². The first kappa shape index (κ1) is 12.0. The zero-order chi connectivity index (χ0) is 14.4. The Kier molecular flexibility index (Phi) is 2.50. The molecular formula is C15H13N3O3. The third kappa shape index (κ3) is 1.65. The Labute approximate surface area is 120 Å². The highest BCUT2D eigenvalue weighted by Gasteiger charge is 2.21. The Balaban J connectivity index is 2.04. The van der Waals surface area contributed by atoms with Crippen LogP contribution >= 0.6 is 0 Å². The molecule has 6 nitrogen and oxygen atoms in total. The van der Waals surface area contributed by atoms with Crippen molar-refractivity contribution in [3.63, 3.8) is 0 Å². The normalized spacial score (nSPS) is 12.5. The van der Waals surface area contributed by atoms with Crippen molar-refractivity contribution in [1.82, 2.24) is 15.0 Å². The number of para-hydroxylation sites is 1. The Hall–Kier alpha value is -2.76. The topological polar surface area (TPSA) is 58.4 Å². The van der Waals surface area contributed by atoms with Gasteiger partial charge in [0.15, 0.2) is 11.5 Å². The van der Waals surface area contributed by atoms with Crippen LogP contribution in [0.15, 0.2) is 30.3 Å². The summed E-state index contributed by atoms with van der Waals surface area (Å²) in [4.78, 5) is 0. The summed E-state index contributed by atoms with van der Waals surface area (Å²) in [5.74, 6) is 2.09. The molecule has 0 radical (unpaired) electrons. The van der Waals surface area contributed by atoms with Crippen molar-refractivity contribution in [3.05, 3.63) is 35.9 Å². The molecule has 0 fully saturated rings. The van der Waals surface area contributed by atoms with Gasteiger partial charge in [-0.15, -0.1) is 5.10 Å². The standard InChI is InChI=1S/C15H13N3O3/c1-19-13-6-9-8-21-12-5-3-4-10-15(12)18(17-16-10)11(9)7-14(13)20-2/h3-7H,8H2,1-2H3. The number of hydrogen-bond acceptors (Lipinski definition) is 5. The van der Waals surface area contributed by atoms with Crippen molar-refractivity contribution in [2.45, 2.75) is 6.61 Å². The van der Waals surface area contributed by atoms with Crippen LogP contribution in [0.2, 0.25) is 0 Å². The van der Waals surface area contributed by atoms with Gasteiger partial charge < -0.3 is 14.2 Å². The van der Waals surface area contributed by atoms with Crippen LogP contribution in [0.4, 0.5) is 0 Å². The highest BCUT2D eigenvalue weighted by Crippen LogP contribution is 2.37. The number of hydrogen-bond donors (Lipinski definition) is 0. The quantitative estimate of drug-likeness (QED) is 0.722. The summed E-state index contributed by atoms with van der Waals surface area (Å²) in [6.45, 7) is 0.443. The minimum absolute atomic E-state index is 0.443. The number of methoxy groups -OCH3 is 2. The Morgan fingerprint density at radius 2 is 1.95 bits per heavy atom. The SMILES string of the molecule is COc1cc2c(cc1OC)-n1nnc3cccc(c31)OC2. The average Bonchev–Trinajstić information content (AvgIpc) is 2.89. The van der Waals surface area contributed by atoms with Crippen LogP contribution in [0.3, 0.4) is 0 Å². The lowest BCUT2D eigenvalue weighted by atomic mass is 10.1. The predicted molar refractivity (Wildman–Crippen MR) is 76.3 cm³/mol. The molecule has 0 N–H and O–H groups in total. The van der Waals surface area contributed by atoms with Crippen LogP contribution in [0.5, 0.6) is 17.2 Å². The van der Waals surface area contributed by atoms with Gasteiger partial charge >= 0.3 is 0 Å². The summed E-state index contributed by atoms with van der Waals surface area (Å²) >= 11 is 0. The Bertz CT molecular complexity index is 842. The molecule has 2 heterocycles. The maximum Gasteiger partial charge on any atom is 0.162 e. The van der Waals surface area contributed by atoms with Crippen LogP contribution in [0.25, 0.3) is 16.7 Å². The van der Waals surface area contributed by atoms with Crippen molar-refractivity contribution >= 4 is 11.0 Å². The third-order valence-electron chi connectivity index (χ3n) is 3.63. The van der Waals surface area contributed by atoms with E-state index in [1.165, 1.54) is 0 Å². The zero-order valence-electron chi connectivity index (χ0n) is 11.7. The van der Waals surface area contributed by atoms with E-state index in [1.807, 2.05) is 30.3 Å². The molecule has 21 heavy (non-hydrogen) atoms. The summed E-state index contributed by atoms with van der Waals surface area (Å²) in [7, 11) is 3.23. The van der Waals surface area contributed by atoms with Gasteiger partial charge in [-0.1, -0.05) is 11.3 Å². The second kappa shape index (κ2) is 4.37. The van der Waals surface area contributed by atoms with Gasteiger partial charge in [0.1, 0.15) is 23.4 Å². The lowest BCUT2D eigenvalue weighted by molar-refractivity contribution is 0.309. The van der Waals surface area contributed by atoms with E-state index in [4.69, 9.17) is 14.2 Å². The second-order valence-electron chi connectivity index (χ2n) is 4.75. The maximum atomic E-state index is 5.88. The molecule has 0 saturated carbocycles. The zero-order valence-corrected chi connectivity index (χ0v) is 11.7. The van der Waals surface area contributed by atoms with Crippen molar-refractivity contribution < 1.29 is 14.2 Å². The highest BCUT2D eigenvalue weighted by molar-refractivity contribution is 5.83. The van der Waals surface area contributed by atoms with Gasteiger partial charge in [-0.05, 0) is 18.2 Å². The molecule has 4 rings (SSSR count). The molecule has 3 aromatic rings. The molecule has 0 amide bonds. The van der Waals surface area contributed by atoms with Crippen LogP contribution in [-0.2, 0) is 6.61 Å². The minimum atomic E-state index is 0.443. The molecule has 1 aromatic heterocycles. The number of rotatable bonds is 2. The van der Waals surface area contributed by atoms with E-state index in [0.717, 1.165) is 28.0 Å². The number of benzene rings is 2. The number of fused-ring (bicyclic) bond motifs is 2. The molecule has 0 atom stereocenters. The van der Waals surface area contributed by atoms with Crippen LogP contribution in [0, 0.1) is 0 Å². The molecule has 0 unspecified atom stereocenters. The van der Waals surface area contributed by atoms with E-state index in [0.29, 0.717) is 18.1 Å². The molecule has 106 valence electrons. The van der Waals surface area contributed by atoms with E-state index in [-0.39, 0.29) is 0 Å². The maximum absolute atomic E-state index is 5.88. The Morgan fingerprint density at radius 3 is 2.76 bits per heavy atom. The number of nitrogens with zero attached hydrogens (tertiary/aromatic N) is 3. The van der Waals surface area contributed by atoms with E-state index >= 15 is 0 Å². The first-order chi connectivity index (χ1) is 10.3. The fraction of sp³-hybridized carbons (Fsp3) is 0.200. The molecule has 2 aromatic carbocycles. The lowest BCUT2D eigenvalue weighted by Gasteiger charge is -2.12. The van der Waals surface area contributed by atoms with Crippen LogP contribution < -0.4 is 14.2 Å². The smallest absolute Gasteiger partial charge is 0.162 e. The molecule has 1 aliphatic rings. The summed E-state index contributed by atoms with van der Waals surface area (Å²) in [5, 5.41) is 8.44. The van der Waals surface area contributed by atoms with Gasteiger partial charge in [0.2, 0.25) is 0 Å². The average molecular weight is 283 g/mol. The molecule has 0 aliphatic carbocycles. The lowest BCUT2D eigenvalue weighted by Crippen LogP contribution is -2.03. The summed E-state index contributed by atoms with van der Waals surface area (Å²) in [6, 6.07) is 9.55. The predicted octanol–water partition coefficient (Wildman–Crippen LogP) is 2.33. The van der Waals surface area contributed by atoms with Gasteiger partial charge in [-0.25, -0.2) is 4.68 Å². The number of ether oxygens (including phenoxy) is 3. The van der Waals surface area contributed by atoms with Gasteiger partial charge in [-0.3, -0.25) is 0 Å². The molecule has 0 spiro atoms. The summed E-state index contributed by atoms with van der Waals surface area (Å²) < 4.78 is 18.4. The van der Waals surface area contributed by atoms with Crippen molar-refractivity contribution in [3.8, 4) is 22.9 Å². The monoisotopic (exact) mass is 283 g/mol. The van der Waals surface area contributed by atoms with E-state index in [9.17, 15) is 0 Å². The molecular weight excluding hydrogens is 270 g/mol. The summed E-state index contributed by atoms with van der Waals surface area (Å²) in [6.07, 6.45) is 0. The molecule has 0 bridgehead atoms. The summed E-state index contributed by atoms with van der Waals surface area (Å²) in [5.41, 5.74) is 3.52. The van der Waals surface area contributed by atoms with E-state index < -0.39 is 0 Å². The first-order valence-corrected chi connectivity index (χ1v) is 6.54. The van der Waals surface area contributed by atoms with Crippen LogP contribution in [-0.4, -0.2) is 29.2 Å². The Morgan fingerprint density at radius 1 is 1.14 bits per heavy atom. The van der Waals surface area contributed by atoms with Crippen LogP contribution in [0.1, 0.15) is 5.56 Å². The fourth-order valence-corrected chi connectivity index (χ4v) is 2.61. The van der Waals surface area contributed by atoms with Gasteiger partial charge in [0.05, 0.1) is 19.9 Å². The second-order valence-corrected chi connectivity index (χ2v) is 4.75. The van der Waals surface area contributed by atoms with Gasteiger partial charge in [0, 0.05) is 11.6 Å². The highest BCUT2D eigenvalue weighted by atomic mass is 16.5. The molecule has 0 saturated heterocycles. The van der Waals surface area contributed by atoms with Gasteiger partial charge in [0.25, 0.3) is 0 Å². The molecule has 6 heteroatoms. The third-order valence-corrected chi connectivity index (χ3v) is 3.63. The van der Waals surface area contributed by atoms with Crippen molar-refractivity contribution in [1.29, 1.82) is 0 Å². The van der Waals surface area contributed by atoms with Gasteiger partial charge in [-0.2, -0.15) is 0 Å². The van der Waals surface area contributed by atoms with E-state index in [2.05, 4.69) is 10.3 Å². The van der Waals surface area contributed by atoms with Crippen molar-refractivity contribution in [2.75, 3.05) is 14.2 Å². The molecule has 1 aliphatic heterocycles. The number of aromatic nitrogens is 3.